The number of carbonyl (C=O) groups is 2. The predicted octanol–water partition coefficient (Wildman–Crippen LogP) is 4.54. The molecule has 2 saturated heterocycles. The van der Waals surface area contributed by atoms with Crippen molar-refractivity contribution < 1.29 is 27.5 Å². The molecule has 0 spiro atoms. The maximum absolute atomic E-state index is 14.7. The number of aromatic nitrogens is 3. The van der Waals surface area contributed by atoms with Crippen molar-refractivity contribution >= 4 is 18.2 Å². The molecular formula is C29H30F3N7O3. The van der Waals surface area contributed by atoms with Gasteiger partial charge in [-0.15, -0.1) is 0 Å². The quantitative estimate of drug-likeness (QED) is 0.441. The van der Waals surface area contributed by atoms with Crippen LogP contribution in [-0.2, 0) is 0 Å². The van der Waals surface area contributed by atoms with E-state index in [4.69, 9.17) is 4.74 Å². The molecule has 3 aliphatic rings. The highest BCUT2D eigenvalue weighted by Crippen LogP contribution is 2.32. The monoisotopic (exact) mass is 581 g/mol. The SMILES string of the molecule is Cc1nn(-c2cc(OC3CN(C(=O)N4N=CCC4c4cc(F)cc(F)c4)C3)c(F)cn2)c(C)c1C(=O)N1CCCCC1. The van der Waals surface area contributed by atoms with Crippen molar-refractivity contribution in [3.05, 3.63) is 70.4 Å². The Kier molecular flexibility index (Phi) is 7.33. The summed E-state index contributed by atoms with van der Waals surface area (Å²) >= 11 is 0. The number of piperidine rings is 1. The maximum Gasteiger partial charge on any atom is 0.341 e. The average Bonchev–Trinajstić information content (AvgIpc) is 3.55. The summed E-state index contributed by atoms with van der Waals surface area (Å²) in [4.78, 5) is 33.8. The summed E-state index contributed by atoms with van der Waals surface area (Å²) in [6.45, 7) is 5.31. The Labute approximate surface area is 240 Å². The lowest BCUT2D eigenvalue weighted by molar-refractivity contribution is 0.0256. The predicted molar refractivity (Wildman–Crippen MR) is 146 cm³/mol. The molecule has 3 aromatic rings. The summed E-state index contributed by atoms with van der Waals surface area (Å²) in [7, 11) is 0. The number of hydrogen-bond acceptors (Lipinski definition) is 6. The number of rotatable bonds is 5. The first-order chi connectivity index (χ1) is 20.2. The standard InChI is InChI=1S/C29H30F3N7O3/c1-17-27(28(40)36-8-4-3-5-9-36)18(2)38(35-17)26-13-25(23(32)14-33-26)42-22-15-37(16-22)29(41)39-24(6-7-34-39)19-10-20(30)12-21(31)11-19/h7,10-14,22,24H,3-6,8-9,15-16H2,1-2H3. The number of nitrogens with zero attached hydrogens (tertiary/aromatic N) is 7. The maximum atomic E-state index is 14.7. The van der Waals surface area contributed by atoms with Crippen LogP contribution in [0.4, 0.5) is 18.0 Å². The van der Waals surface area contributed by atoms with E-state index in [0.717, 1.165) is 31.5 Å². The van der Waals surface area contributed by atoms with Crippen LogP contribution in [-0.4, -0.2) is 80.0 Å². The van der Waals surface area contributed by atoms with Gasteiger partial charge in [0.2, 0.25) is 0 Å². The second-order valence-corrected chi connectivity index (χ2v) is 10.8. The fourth-order valence-electron chi connectivity index (χ4n) is 5.68. The molecule has 42 heavy (non-hydrogen) atoms. The highest BCUT2D eigenvalue weighted by molar-refractivity contribution is 5.96. The smallest absolute Gasteiger partial charge is 0.341 e. The van der Waals surface area contributed by atoms with Crippen molar-refractivity contribution in [1.29, 1.82) is 0 Å². The third kappa shape index (κ3) is 5.19. The zero-order chi connectivity index (χ0) is 29.5. The van der Waals surface area contributed by atoms with Crippen LogP contribution in [0.2, 0.25) is 0 Å². The van der Waals surface area contributed by atoms with Gasteiger partial charge in [-0.1, -0.05) is 0 Å². The van der Waals surface area contributed by atoms with Crippen LogP contribution >= 0.6 is 0 Å². The Morgan fingerprint density at radius 2 is 1.67 bits per heavy atom. The highest BCUT2D eigenvalue weighted by Gasteiger charge is 2.39. The average molecular weight is 582 g/mol. The summed E-state index contributed by atoms with van der Waals surface area (Å²) in [6.07, 6.45) is 5.45. The number of hydrogen-bond donors (Lipinski definition) is 0. The van der Waals surface area contributed by atoms with E-state index in [1.165, 1.54) is 39.0 Å². The highest BCUT2D eigenvalue weighted by atomic mass is 19.1. The topological polar surface area (TPSA) is 96.2 Å². The molecule has 0 N–H and O–H groups in total. The molecule has 13 heteroatoms. The van der Waals surface area contributed by atoms with Gasteiger partial charge in [-0.3, -0.25) is 4.79 Å². The summed E-state index contributed by atoms with van der Waals surface area (Å²) in [5.41, 5.74) is 1.99. The lowest BCUT2D eigenvalue weighted by atomic mass is 10.0. The van der Waals surface area contributed by atoms with E-state index in [2.05, 4.69) is 15.2 Å². The fraction of sp³-hybridized carbons (Fsp3) is 0.414. The van der Waals surface area contributed by atoms with Crippen LogP contribution in [0.25, 0.3) is 5.82 Å². The van der Waals surface area contributed by atoms with E-state index in [9.17, 15) is 22.8 Å². The summed E-state index contributed by atoms with van der Waals surface area (Å²) in [6, 6.07) is 3.50. The van der Waals surface area contributed by atoms with Gasteiger partial charge in [-0.2, -0.15) is 10.2 Å². The van der Waals surface area contributed by atoms with Crippen LogP contribution in [0.15, 0.2) is 35.6 Å². The molecule has 6 rings (SSSR count). The van der Waals surface area contributed by atoms with E-state index in [-0.39, 0.29) is 24.7 Å². The summed E-state index contributed by atoms with van der Waals surface area (Å²) in [5, 5.41) is 9.82. The van der Waals surface area contributed by atoms with Crippen LogP contribution in [0.3, 0.4) is 0 Å². The number of urea groups is 1. The molecule has 0 aliphatic carbocycles. The van der Waals surface area contributed by atoms with Gasteiger partial charge in [-0.25, -0.2) is 32.6 Å². The van der Waals surface area contributed by atoms with Crippen molar-refractivity contribution in [2.24, 2.45) is 5.10 Å². The molecule has 2 fully saturated rings. The molecule has 5 heterocycles. The number of pyridine rings is 1. The lowest BCUT2D eigenvalue weighted by Crippen LogP contribution is -2.58. The van der Waals surface area contributed by atoms with Gasteiger partial charge in [0.25, 0.3) is 5.91 Å². The molecule has 1 unspecified atom stereocenters. The van der Waals surface area contributed by atoms with Gasteiger partial charge in [0.15, 0.2) is 17.4 Å². The van der Waals surface area contributed by atoms with Crippen molar-refractivity contribution in [3.63, 3.8) is 0 Å². The lowest BCUT2D eigenvalue weighted by Gasteiger charge is -2.41. The van der Waals surface area contributed by atoms with Crippen LogP contribution in [0.1, 0.15) is 59.0 Å². The largest absolute Gasteiger partial charge is 0.483 e. The Hall–Kier alpha value is -4.42. The minimum absolute atomic E-state index is 0.0548. The molecule has 220 valence electrons. The Balaban J connectivity index is 1.12. The Bertz CT molecular complexity index is 1540. The second-order valence-electron chi connectivity index (χ2n) is 10.8. The van der Waals surface area contributed by atoms with Crippen LogP contribution in [0, 0.1) is 31.3 Å². The molecule has 0 saturated carbocycles. The number of benzene rings is 1. The first kappa shape index (κ1) is 27.7. The fourth-order valence-corrected chi connectivity index (χ4v) is 5.68. The summed E-state index contributed by atoms with van der Waals surface area (Å²) in [5.74, 6) is -1.96. The number of ether oxygens (including phenoxy) is 1. The molecule has 0 bridgehead atoms. The van der Waals surface area contributed by atoms with Crippen molar-refractivity contribution in [3.8, 4) is 11.6 Å². The number of amides is 3. The number of hydrazone groups is 1. The molecule has 3 amide bonds. The molecule has 1 aromatic carbocycles. The molecule has 10 nitrogen and oxygen atoms in total. The molecule has 3 aliphatic heterocycles. The van der Waals surface area contributed by atoms with Crippen LogP contribution < -0.4 is 4.74 Å². The third-order valence-corrected chi connectivity index (χ3v) is 7.88. The number of aryl methyl sites for hydroxylation is 1. The van der Waals surface area contributed by atoms with Gasteiger partial charge in [0.1, 0.15) is 17.7 Å². The van der Waals surface area contributed by atoms with Crippen molar-refractivity contribution in [1.82, 2.24) is 29.6 Å². The Morgan fingerprint density at radius 1 is 0.952 bits per heavy atom. The molecular weight excluding hydrogens is 551 g/mol. The van der Waals surface area contributed by atoms with Crippen molar-refractivity contribution in [2.45, 2.75) is 51.7 Å². The number of likely N-dealkylation sites (tertiary alicyclic amines) is 2. The zero-order valence-corrected chi connectivity index (χ0v) is 23.3. The van der Waals surface area contributed by atoms with E-state index < -0.39 is 35.6 Å². The minimum atomic E-state index is -0.731. The normalized spacial score (nSPS) is 18.9. The van der Waals surface area contributed by atoms with Gasteiger partial charge in [0.05, 0.1) is 42.3 Å². The number of halogens is 3. The third-order valence-electron chi connectivity index (χ3n) is 7.88. The van der Waals surface area contributed by atoms with E-state index in [1.807, 2.05) is 4.90 Å². The van der Waals surface area contributed by atoms with Gasteiger partial charge in [-0.05, 0) is 50.8 Å². The Morgan fingerprint density at radius 3 is 2.38 bits per heavy atom. The molecule has 1 atom stereocenters. The van der Waals surface area contributed by atoms with Gasteiger partial charge >= 0.3 is 6.03 Å². The van der Waals surface area contributed by atoms with E-state index >= 15 is 0 Å². The van der Waals surface area contributed by atoms with Crippen molar-refractivity contribution in [2.75, 3.05) is 26.2 Å². The first-order valence-electron chi connectivity index (χ1n) is 13.9. The summed E-state index contributed by atoms with van der Waals surface area (Å²) < 4.78 is 49.6. The first-order valence-corrected chi connectivity index (χ1v) is 13.9. The molecule has 2 aromatic heterocycles. The minimum Gasteiger partial charge on any atom is -0.483 e. The number of carbonyl (C=O) groups excluding carboxylic acids is 2. The van der Waals surface area contributed by atoms with E-state index in [1.54, 1.807) is 13.8 Å². The molecule has 0 radical (unpaired) electrons. The van der Waals surface area contributed by atoms with Gasteiger partial charge < -0.3 is 14.5 Å². The van der Waals surface area contributed by atoms with Gasteiger partial charge in [0, 0.05) is 37.9 Å². The van der Waals surface area contributed by atoms with Crippen LogP contribution in [0.5, 0.6) is 5.75 Å². The zero-order valence-electron chi connectivity index (χ0n) is 23.3. The second kappa shape index (κ2) is 11.1. The van der Waals surface area contributed by atoms with E-state index in [0.29, 0.717) is 47.8 Å².